The molecule has 0 saturated heterocycles. The Hall–Kier alpha value is -1.68. The van der Waals surface area contributed by atoms with Crippen LogP contribution in [0.4, 0.5) is 8.78 Å². The van der Waals surface area contributed by atoms with Crippen LogP contribution < -0.4 is 4.74 Å². The van der Waals surface area contributed by atoms with E-state index in [-0.39, 0.29) is 35.2 Å². The third-order valence-corrected chi connectivity index (χ3v) is 2.97. The van der Waals surface area contributed by atoms with E-state index in [4.69, 9.17) is 10.00 Å². The number of benzene rings is 1. The Labute approximate surface area is 123 Å². The summed E-state index contributed by atoms with van der Waals surface area (Å²) in [5.74, 6) is -0.661. The molecule has 108 valence electrons. The highest BCUT2D eigenvalue weighted by Crippen LogP contribution is 2.30. The Morgan fingerprint density at radius 3 is 2.60 bits per heavy atom. The SMILES string of the molecule is CCOC(=O)Cc1cc(C#N)cc(CBr)c1OC(F)F. The van der Waals surface area contributed by atoms with E-state index >= 15 is 0 Å². The number of rotatable bonds is 6. The van der Waals surface area contributed by atoms with E-state index in [0.29, 0.717) is 5.56 Å². The molecule has 0 bridgehead atoms. The molecule has 4 nitrogen and oxygen atoms in total. The highest BCUT2D eigenvalue weighted by atomic mass is 79.9. The van der Waals surface area contributed by atoms with Crippen LogP contribution in [0, 0.1) is 11.3 Å². The third-order valence-electron chi connectivity index (χ3n) is 2.36. The lowest BCUT2D eigenvalue weighted by molar-refractivity contribution is -0.142. The fraction of sp³-hybridized carbons (Fsp3) is 0.385. The Kier molecular flexibility index (Phi) is 6.39. The first kappa shape index (κ1) is 16.4. The second-order valence-corrected chi connectivity index (χ2v) is 4.29. The van der Waals surface area contributed by atoms with Gasteiger partial charge < -0.3 is 9.47 Å². The maximum atomic E-state index is 12.5. The quantitative estimate of drug-likeness (QED) is 0.585. The van der Waals surface area contributed by atoms with Crippen molar-refractivity contribution in [3.63, 3.8) is 0 Å². The number of nitriles is 1. The number of hydrogen-bond donors (Lipinski definition) is 0. The zero-order valence-electron chi connectivity index (χ0n) is 10.7. The summed E-state index contributed by atoms with van der Waals surface area (Å²) in [7, 11) is 0. The minimum Gasteiger partial charge on any atom is -0.466 e. The van der Waals surface area contributed by atoms with Gasteiger partial charge in [0, 0.05) is 16.5 Å². The van der Waals surface area contributed by atoms with Crippen LogP contribution in [0.25, 0.3) is 0 Å². The van der Waals surface area contributed by atoms with Crippen molar-refractivity contribution < 1.29 is 23.0 Å². The van der Waals surface area contributed by atoms with Gasteiger partial charge in [0.2, 0.25) is 0 Å². The van der Waals surface area contributed by atoms with Gasteiger partial charge in [-0.05, 0) is 19.1 Å². The van der Waals surface area contributed by atoms with Crippen LogP contribution in [-0.2, 0) is 21.3 Å². The summed E-state index contributed by atoms with van der Waals surface area (Å²) < 4.78 is 34.2. The van der Waals surface area contributed by atoms with Crippen LogP contribution in [0.3, 0.4) is 0 Å². The van der Waals surface area contributed by atoms with Crippen molar-refractivity contribution in [3.8, 4) is 11.8 Å². The zero-order chi connectivity index (χ0) is 15.1. The van der Waals surface area contributed by atoms with Crippen molar-refractivity contribution in [3.05, 3.63) is 28.8 Å². The molecule has 0 N–H and O–H groups in total. The molecule has 0 amide bonds. The van der Waals surface area contributed by atoms with Crippen molar-refractivity contribution >= 4 is 21.9 Å². The first-order valence-electron chi connectivity index (χ1n) is 5.74. The van der Waals surface area contributed by atoms with Crippen LogP contribution in [0.2, 0.25) is 0 Å². The Balaban J connectivity index is 3.22. The lowest BCUT2D eigenvalue weighted by atomic mass is 10.0. The van der Waals surface area contributed by atoms with Gasteiger partial charge >= 0.3 is 12.6 Å². The van der Waals surface area contributed by atoms with Crippen LogP contribution >= 0.6 is 15.9 Å². The monoisotopic (exact) mass is 347 g/mol. The standard InChI is InChI=1S/C13H12BrF2NO3/c1-2-19-11(18)5-9-3-8(7-17)4-10(6-14)12(9)20-13(15)16/h3-4,13H,2,5-6H2,1H3. The van der Waals surface area contributed by atoms with Crippen molar-refractivity contribution in [1.29, 1.82) is 5.26 Å². The normalized spacial score (nSPS) is 10.2. The number of ether oxygens (including phenoxy) is 2. The number of halogens is 3. The predicted molar refractivity (Wildman–Crippen MR) is 70.8 cm³/mol. The van der Waals surface area contributed by atoms with E-state index in [0.717, 1.165) is 0 Å². The molecule has 1 aromatic rings. The summed E-state index contributed by atoms with van der Waals surface area (Å²) in [6.07, 6.45) is -0.231. The van der Waals surface area contributed by atoms with E-state index in [9.17, 15) is 13.6 Å². The van der Waals surface area contributed by atoms with Gasteiger partial charge in [-0.1, -0.05) is 15.9 Å². The Morgan fingerprint density at radius 1 is 1.45 bits per heavy atom. The average Bonchev–Trinajstić information content (AvgIpc) is 2.40. The molecule has 0 heterocycles. The van der Waals surface area contributed by atoms with Gasteiger partial charge in [0.25, 0.3) is 0 Å². The van der Waals surface area contributed by atoms with Gasteiger partial charge in [0.05, 0.1) is 24.7 Å². The molecule has 0 aromatic heterocycles. The lowest BCUT2D eigenvalue weighted by Crippen LogP contribution is -2.12. The van der Waals surface area contributed by atoms with Crippen molar-refractivity contribution in [2.75, 3.05) is 6.61 Å². The molecule has 0 spiro atoms. The Morgan fingerprint density at radius 2 is 2.10 bits per heavy atom. The molecule has 0 aliphatic rings. The van der Waals surface area contributed by atoms with E-state index in [2.05, 4.69) is 20.7 Å². The smallest absolute Gasteiger partial charge is 0.387 e. The molecular formula is C13H12BrF2NO3. The van der Waals surface area contributed by atoms with Gasteiger partial charge in [0.1, 0.15) is 5.75 Å². The fourth-order valence-corrected chi connectivity index (χ4v) is 2.07. The van der Waals surface area contributed by atoms with Crippen molar-refractivity contribution in [1.82, 2.24) is 0 Å². The van der Waals surface area contributed by atoms with E-state index < -0.39 is 12.6 Å². The largest absolute Gasteiger partial charge is 0.466 e. The first-order chi connectivity index (χ1) is 9.51. The van der Waals surface area contributed by atoms with Crippen LogP contribution in [-0.4, -0.2) is 19.2 Å². The third kappa shape index (κ3) is 4.46. The molecule has 0 fully saturated rings. The second kappa shape index (κ2) is 7.80. The second-order valence-electron chi connectivity index (χ2n) is 3.73. The molecule has 0 saturated carbocycles. The number of nitrogens with zero attached hydrogens (tertiary/aromatic N) is 1. The molecule has 20 heavy (non-hydrogen) atoms. The molecule has 0 radical (unpaired) electrons. The molecular weight excluding hydrogens is 336 g/mol. The number of carbonyl (C=O) groups is 1. The molecule has 0 aliphatic carbocycles. The molecule has 0 unspecified atom stereocenters. The van der Waals surface area contributed by atoms with Crippen molar-refractivity contribution in [2.24, 2.45) is 0 Å². The summed E-state index contributed by atoms with van der Waals surface area (Å²) >= 11 is 3.14. The van der Waals surface area contributed by atoms with E-state index in [1.165, 1.54) is 12.1 Å². The van der Waals surface area contributed by atoms with Crippen LogP contribution in [0.1, 0.15) is 23.6 Å². The maximum absolute atomic E-state index is 12.5. The summed E-state index contributed by atoms with van der Waals surface area (Å²) in [4.78, 5) is 11.5. The van der Waals surface area contributed by atoms with E-state index in [1.807, 2.05) is 6.07 Å². The highest BCUT2D eigenvalue weighted by Gasteiger charge is 2.18. The maximum Gasteiger partial charge on any atom is 0.387 e. The zero-order valence-corrected chi connectivity index (χ0v) is 12.2. The fourth-order valence-electron chi connectivity index (χ4n) is 1.66. The first-order valence-corrected chi connectivity index (χ1v) is 6.86. The van der Waals surface area contributed by atoms with Crippen LogP contribution in [0.15, 0.2) is 12.1 Å². The van der Waals surface area contributed by atoms with Gasteiger partial charge in [-0.15, -0.1) is 0 Å². The number of hydrogen-bond acceptors (Lipinski definition) is 4. The molecule has 1 rings (SSSR count). The number of esters is 1. The summed E-state index contributed by atoms with van der Waals surface area (Å²) in [5, 5.41) is 9.14. The molecule has 0 aliphatic heterocycles. The van der Waals surface area contributed by atoms with E-state index in [1.54, 1.807) is 6.92 Å². The Bertz CT molecular complexity index is 529. The average molecular weight is 348 g/mol. The van der Waals surface area contributed by atoms with Gasteiger partial charge in [0.15, 0.2) is 0 Å². The highest BCUT2D eigenvalue weighted by molar-refractivity contribution is 9.08. The number of alkyl halides is 3. The molecule has 0 atom stereocenters. The summed E-state index contributed by atoms with van der Waals surface area (Å²) in [6.45, 7) is -1.18. The number of carbonyl (C=O) groups excluding carboxylic acids is 1. The van der Waals surface area contributed by atoms with Crippen molar-refractivity contribution in [2.45, 2.75) is 25.3 Å². The van der Waals surface area contributed by atoms with Gasteiger partial charge in [-0.3, -0.25) is 4.79 Å². The van der Waals surface area contributed by atoms with Gasteiger partial charge in [-0.2, -0.15) is 14.0 Å². The summed E-state index contributed by atoms with van der Waals surface area (Å²) in [6, 6.07) is 4.69. The van der Waals surface area contributed by atoms with Crippen LogP contribution in [0.5, 0.6) is 5.75 Å². The molecule has 1 aromatic carbocycles. The topological polar surface area (TPSA) is 59.3 Å². The lowest BCUT2D eigenvalue weighted by Gasteiger charge is -2.14. The minimum absolute atomic E-state index is 0.0936. The molecule has 7 heteroatoms. The minimum atomic E-state index is -3.01. The summed E-state index contributed by atoms with van der Waals surface area (Å²) in [5.41, 5.74) is 0.848. The van der Waals surface area contributed by atoms with Gasteiger partial charge in [-0.25, -0.2) is 0 Å². The predicted octanol–water partition coefficient (Wildman–Crippen LogP) is 3.16.